The van der Waals surface area contributed by atoms with Crippen LogP contribution >= 0.6 is 11.6 Å². The predicted octanol–water partition coefficient (Wildman–Crippen LogP) is 0.0844. The normalized spacial score (nSPS) is 12.5. The standard InChI is InChI=1S/C7H8ClN3O2/c8-6-3-10-4(2-11-6)1-5(9)7(12)13/h2-3,5H,1,9H2,(H,12,13)/t5-/m1/s1. The highest BCUT2D eigenvalue weighted by Gasteiger charge is 2.12. The van der Waals surface area contributed by atoms with Crippen LogP contribution in [0.2, 0.25) is 5.15 Å². The van der Waals surface area contributed by atoms with Crippen molar-refractivity contribution < 1.29 is 9.90 Å². The summed E-state index contributed by atoms with van der Waals surface area (Å²) in [5.41, 5.74) is 5.80. The molecule has 6 heteroatoms. The summed E-state index contributed by atoms with van der Waals surface area (Å²) in [5.74, 6) is -1.06. The number of hydrogen-bond donors (Lipinski definition) is 2. The third kappa shape index (κ3) is 2.96. The van der Waals surface area contributed by atoms with Gasteiger partial charge in [-0.3, -0.25) is 9.78 Å². The van der Waals surface area contributed by atoms with Crippen LogP contribution in [0.4, 0.5) is 0 Å². The SMILES string of the molecule is N[C@H](Cc1cnc(Cl)cn1)C(=O)O. The molecule has 1 atom stereocenters. The lowest BCUT2D eigenvalue weighted by atomic mass is 10.2. The van der Waals surface area contributed by atoms with Gasteiger partial charge in [-0.1, -0.05) is 11.6 Å². The van der Waals surface area contributed by atoms with Crippen molar-refractivity contribution in [2.24, 2.45) is 5.73 Å². The topological polar surface area (TPSA) is 89.1 Å². The molecule has 0 amide bonds. The molecular weight excluding hydrogens is 194 g/mol. The van der Waals surface area contributed by atoms with E-state index in [1.54, 1.807) is 0 Å². The number of nitrogens with two attached hydrogens (primary N) is 1. The highest BCUT2D eigenvalue weighted by Crippen LogP contribution is 2.02. The van der Waals surface area contributed by atoms with Crippen molar-refractivity contribution in [3.05, 3.63) is 23.2 Å². The van der Waals surface area contributed by atoms with E-state index >= 15 is 0 Å². The molecular formula is C7H8ClN3O2. The molecule has 3 N–H and O–H groups in total. The molecule has 1 aromatic rings. The fraction of sp³-hybridized carbons (Fsp3) is 0.286. The summed E-state index contributed by atoms with van der Waals surface area (Å²) < 4.78 is 0. The van der Waals surface area contributed by atoms with Crippen LogP contribution in [0.1, 0.15) is 5.69 Å². The van der Waals surface area contributed by atoms with Crippen LogP contribution in [0.5, 0.6) is 0 Å². The Morgan fingerprint density at radius 1 is 1.62 bits per heavy atom. The highest BCUT2D eigenvalue weighted by atomic mass is 35.5. The molecule has 1 aromatic heterocycles. The molecule has 0 saturated carbocycles. The molecule has 0 aliphatic carbocycles. The molecule has 0 aliphatic heterocycles. The molecule has 0 fully saturated rings. The number of carboxylic acid groups (broad SMARTS) is 1. The minimum atomic E-state index is -1.06. The van der Waals surface area contributed by atoms with Crippen molar-refractivity contribution in [3.8, 4) is 0 Å². The second-order valence-corrected chi connectivity index (χ2v) is 2.87. The lowest BCUT2D eigenvalue weighted by Gasteiger charge is -2.04. The van der Waals surface area contributed by atoms with Crippen LogP contribution in [0.25, 0.3) is 0 Å². The predicted molar refractivity (Wildman–Crippen MR) is 46.4 cm³/mol. The van der Waals surface area contributed by atoms with Crippen LogP contribution in [-0.2, 0) is 11.2 Å². The van der Waals surface area contributed by atoms with Crippen LogP contribution in [0.3, 0.4) is 0 Å². The van der Waals surface area contributed by atoms with E-state index in [1.165, 1.54) is 12.4 Å². The Labute approximate surface area is 79.6 Å². The first-order valence-electron chi connectivity index (χ1n) is 3.54. The van der Waals surface area contributed by atoms with E-state index in [0.717, 1.165) is 0 Å². The largest absolute Gasteiger partial charge is 0.480 e. The number of hydrogen-bond acceptors (Lipinski definition) is 4. The number of carbonyl (C=O) groups is 1. The third-order valence-electron chi connectivity index (χ3n) is 1.42. The summed E-state index contributed by atoms with van der Waals surface area (Å²) in [5, 5.41) is 8.77. The smallest absolute Gasteiger partial charge is 0.320 e. The molecule has 0 saturated heterocycles. The molecule has 0 spiro atoms. The molecule has 0 bridgehead atoms. The Kier molecular flexibility index (Phi) is 3.16. The van der Waals surface area contributed by atoms with E-state index in [4.69, 9.17) is 22.4 Å². The lowest BCUT2D eigenvalue weighted by molar-refractivity contribution is -0.138. The number of halogens is 1. The van der Waals surface area contributed by atoms with Gasteiger partial charge in [0.25, 0.3) is 0 Å². The average Bonchev–Trinajstić information content (AvgIpc) is 2.08. The monoisotopic (exact) mass is 201 g/mol. The first-order chi connectivity index (χ1) is 6.09. The molecule has 0 aromatic carbocycles. The van der Waals surface area contributed by atoms with Gasteiger partial charge >= 0.3 is 5.97 Å². The number of nitrogens with zero attached hydrogens (tertiary/aromatic N) is 2. The van der Waals surface area contributed by atoms with Crippen LogP contribution in [0, 0.1) is 0 Å². The second kappa shape index (κ2) is 4.15. The van der Waals surface area contributed by atoms with Gasteiger partial charge in [0.1, 0.15) is 11.2 Å². The molecule has 0 unspecified atom stereocenters. The Hall–Kier alpha value is -1.20. The lowest BCUT2D eigenvalue weighted by Crippen LogP contribution is -2.32. The van der Waals surface area contributed by atoms with E-state index in [9.17, 15) is 4.79 Å². The van der Waals surface area contributed by atoms with Crippen molar-refractivity contribution in [2.75, 3.05) is 0 Å². The zero-order chi connectivity index (χ0) is 9.84. The Balaban J connectivity index is 2.64. The summed E-state index contributed by atoms with van der Waals surface area (Å²) in [6.07, 6.45) is 2.91. The molecule has 13 heavy (non-hydrogen) atoms. The van der Waals surface area contributed by atoms with Gasteiger partial charge in [0, 0.05) is 6.42 Å². The van der Waals surface area contributed by atoms with Gasteiger partial charge in [0.15, 0.2) is 0 Å². The van der Waals surface area contributed by atoms with E-state index in [2.05, 4.69) is 9.97 Å². The van der Waals surface area contributed by atoms with E-state index in [-0.39, 0.29) is 11.6 Å². The van der Waals surface area contributed by atoms with Crippen LogP contribution in [0.15, 0.2) is 12.4 Å². The Morgan fingerprint density at radius 2 is 2.31 bits per heavy atom. The third-order valence-corrected chi connectivity index (χ3v) is 1.62. The maximum absolute atomic E-state index is 10.4. The van der Waals surface area contributed by atoms with Crippen LogP contribution in [-0.4, -0.2) is 27.1 Å². The number of carboxylic acids is 1. The molecule has 1 rings (SSSR count). The number of aliphatic carboxylic acids is 1. The van der Waals surface area contributed by atoms with Crippen LogP contribution < -0.4 is 5.73 Å². The maximum atomic E-state index is 10.4. The van der Waals surface area contributed by atoms with Gasteiger partial charge in [0.05, 0.1) is 18.1 Å². The quantitative estimate of drug-likeness (QED) is 0.723. The summed E-state index contributed by atoms with van der Waals surface area (Å²) in [6.45, 7) is 0. The van der Waals surface area contributed by atoms with Gasteiger partial charge < -0.3 is 10.8 Å². The van der Waals surface area contributed by atoms with Gasteiger partial charge in [0.2, 0.25) is 0 Å². The average molecular weight is 202 g/mol. The maximum Gasteiger partial charge on any atom is 0.320 e. The molecule has 1 heterocycles. The van der Waals surface area contributed by atoms with E-state index < -0.39 is 12.0 Å². The van der Waals surface area contributed by atoms with Gasteiger partial charge in [-0.25, -0.2) is 4.98 Å². The summed E-state index contributed by atoms with van der Waals surface area (Å²) in [6, 6.07) is -0.949. The molecule has 0 aliphatic rings. The molecule has 5 nitrogen and oxygen atoms in total. The van der Waals surface area contributed by atoms with Crippen molar-refractivity contribution in [3.63, 3.8) is 0 Å². The summed E-state index contributed by atoms with van der Waals surface area (Å²) in [4.78, 5) is 18.0. The van der Waals surface area contributed by atoms with Crippen molar-refractivity contribution in [1.29, 1.82) is 0 Å². The van der Waals surface area contributed by atoms with Gasteiger partial charge in [-0.05, 0) is 0 Å². The summed E-state index contributed by atoms with van der Waals surface area (Å²) >= 11 is 5.49. The molecule has 70 valence electrons. The zero-order valence-electron chi connectivity index (χ0n) is 6.64. The first-order valence-corrected chi connectivity index (χ1v) is 3.92. The second-order valence-electron chi connectivity index (χ2n) is 2.48. The number of aromatic nitrogens is 2. The summed E-state index contributed by atoms with van der Waals surface area (Å²) in [7, 11) is 0. The van der Waals surface area contributed by atoms with E-state index in [1.807, 2.05) is 0 Å². The Morgan fingerprint density at radius 3 is 2.77 bits per heavy atom. The highest BCUT2D eigenvalue weighted by molar-refractivity contribution is 6.29. The minimum Gasteiger partial charge on any atom is -0.480 e. The van der Waals surface area contributed by atoms with Gasteiger partial charge in [-0.2, -0.15) is 0 Å². The van der Waals surface area contributed by atoms with E-state index in [0.29, 0.717) is 5.69 Å². The van der Waals surface area contributed by atoms with Crippen molar-refractivity contribution in [1.82, 2.24) is 9.97 Å². The van der Waals surface area contributed by atoms with Crippen molar-refractivity contribution in [2.45, 2.75) is 12.5 Å². The minimum absolute atomic E-state index is 0.152. The zero-order valence-corrected chi connectivity index (χ0v) is 7.40. The van der Waals surface area contributed by atoms with Gasteiger partial charge in [-0.15, -0.1) is 0 Å². The first kappa shape index (κ1) is 9.88. The Bertz CT molecular complexity index is 301. The fourth-order valence-electron chi connectivity index (χ4n) is 0.757. The van der Waals surface area contributed by atoms with Crippen molar-refractivity contribution >= 4 is 17.6 Å². The fourth-order valence-corrected chi connectivity index (χ4v) is 0.855. The molecule has 0 radical (unpaired) electrons. The number of rotatable bonds is 3.